The van der Waals surface area contributed by atoms with Gasteiger partial charge in [0.15, 0.2) is 5.78 Å². The SMILES string of the molecule is CSC(C)C(C=CC(C)=O)=CN1CCCC1.CSC(C)c1ccc(C)nc1. The van der Waals surface area contributed by atoms with E-state index in [2.05, 4.69) is 54.6 Å². The molecule has 1 aliphatic heterocycles. The number of carbonyl (C=O) groups is 1. The van der Waals surface area contributed by atoms with E-state index in [1.165, 1.54) is 24.0 Å². The molecular formula is C22H34N2OS2. The Labute approximate surface area is 174 Å². The van der Waals surface area contributed by atoms with Crippen molar-refractivity contribution in [2.24, 2.45) is 0 Å². The summed E-state index contributed by atoms with van der Waals surface area (Å²) in [5.41, 5.74) is 3.63. The molecule has 0 aromatic carbocycles. The molecule has 1 aliphatic rings. The van der Waals surface area contributed by atoms with Crippen LogP contribution in [0.15, 0.2) is 42.3 Å². The van der Waals surface area contributed by atoms with Crippen LogP contribution in [0.25, 0.3) is 0 Å². The van der Waals surface area contributed by atoms with Crippen LogP contribution in [0, 0.1) is 6.92 Å². The van der Waals surface area contributed by atoms with E-state index in [1.54, 1.807) is 13.0 Å². The first-order valence-corrected chi connectivity index (χ1v) is 12.1. The van der Waals surface area contributed by atoms with E-state index in [0.717, 1.165) is 18.8 Å². The molecule has 0 aliphatic carbocycles. The van der Waals surface area contributed by atoms with Gasteiger partial charge in [-0.25, -0.2) is 0 Å². The molecule has 5 heteroatoms. The van der Waals surface area contributed by atoms with Crippen LogP contribution in [0.3, 0.4) is 0 Å². The number of thioether (sulfide) groups is 2. The lowest BCUT2D eigenvalue weighted by Gasteiger charge is -2.16. The Bertz CT molecular complexity index is 620. The van der Waals surface area contributed by atoms with Gasteiger partial charge in [-0.2, -0.15) is 23.5 Å². The van der Waals surface area contributed by atoms with Gasteiger partial charge >= 0.3 is 0 Å². The van der Waals surface area contributed by atoms with Crippen LogP contribution in [-0.4, -0.2) is 46.5 Å². The molecule has 0 saturated carbocycles. The first-order chi connectivity index (χ1) is 12.9. The molecule has 150 valence electrons. The van der Waals surface area contributed by atoms with Crippen molar-refractivity contribution in [3.63, 3.8) is 0 Å². The Balaban J connectivity index is 0.000000289. The van der Waals surface area contributed by atoms with Crippen LogP contribution in [-0.2, 0) is 4.79 Å². The van der Waals surface area contributed by atoms with Crippen LogP contribution < -0.4 is 0 Å². The maximum absolute atomic E-state index is 11.0. The van der Waals surface area contributed by atoms with Crippen molar-refractivity contribution in [3.8, 4) is 0 Å². The Morgan fingerprint density at radius 1 is 1.15 bits per heavy atom. The van der Waals surface area contributed by atoms with E-state index in [4.69, 9.17) is 0 Å². The summed E-state index contributed by atoms with van der Waals surface area (Å²) in [7, 11) is 0. The second kappa shape index (κ2) is 13.1. The molecule has 1 fully saturated rings. The van der Waals surface area contributed by atoms with Gasteiger partial charge in [-0.15, -0.1) is 0 Å². The molecule has 0 radical (unpaired) electrons. The number of likely N-dealkylation sites (tertiary alicyclic amines) is 1. The Morgan fingerprint density at radius 3 is 2.30 bits per heavy atom. The lowest BCUT2D eigenvalue weighted by atomic mass is 10.2. The summed E-state index contributed by atoms with van der Waals surface area (Å²) in [5.74, 6) is 0.112. The van der Waals surface area contributed by atoms with E-state index >= 15 is 0 Å². The summed E-state index contributed by atoms with van der Waals surface area (Å²) < 4.78 is 0. The van der Waals surface area contributed by atoms with Crippen molar-refractivity contribution in [2.45, 2.75) is 51.0 Å². The summed E-state index contributed by atoms with van der Waals surface area (Å²) >= 11 is 3.65. The van der Waals surface area contributed by atoms with E-state index in [-0.39, 0.29) is 5.78 Å². The zero-order valence-corrected chi connectivity index (χ0v) is 19.2. The van der Waals surface area contributed by atoms with Gasteiger partial charge in [-0.1, -0.05) is 12.1 Å². The molecule has 0 N–H and O–H groups in total. The van der Waals surface area contributed by atoms with Gasteiger partial charge in [-0.3, -0.25) is 9.78 Å². The smallest absolute Gasteiger partial charge is 0.152 e. The van der Waals surface area contributed by atoms with Crippen molar-refractivity contribution < 1.29 is 4.79 Å². The van der Waals surface area contributed by atoms with E-state index in [9.17, 15) is 4.79 Å². The predicted octanol–water partition coefficient (Wildman–Crippen LogP) is 5.68. The standard InChI is InChI=1S/C13H21NOS.C9H13NS/c1-11(15)6-7-13(12(2)16-3)10-14-8-4-5-9-14;1-7-4-5-9(6-10-7)8(2)11-3/h6-7,10,12H,4-5,8-9H2,1-3H3;4-6,8H,1-3H3. The number of nitrogens with zero attached hydrogens (tertiary/aromatic N) is 2. The second-order valence-corrected chi connectivity index (χ2v) is 9.16. The predicted molar refractivity (Wildman–Crippen MR) is 123 cm³/mol. The maximum atomic E-state index is 11.0. The van der Waals surface area contributed by atoms with Crippen molar-refractivity contribution >= 4 is 29.3 Å². The summed E-state index contributed by atoms with van der Waals surface area (Å²) in [6, 6.07) is 4.20. The highest BCUT2D eigenvalue weighted by molar-refractivity contribution is 7.99. The van der Waals surface area contributed by atoms with E-state index in [0.29, 0.717) is 10.5 Å². The number of ketones is 1. The van der Waals surface area contributed by atoms with Crippen molar-refractivity contribution in [3.05, 3.63) is 53.5 Å². The molecule has 0 bridgehead atoms. The number of aromatic nitrogens is 1. The number of rotatable bonds is 7. The van der Waals surface area contributed by atoms with Crippen molar-refractivity contribution in [1.82, 2.24) is 9.88 Å². The molecule has 0 amide bonds. The normalized spacial score (nSPS) is 16.8. The summed E-state index contributed by atoms with van der Waals surface area (Å²) in [6.07, 6.45) is 14.6. The Kier molecular flexibility index (Phi) is 11.5. The Hall–Kier alpha value is -1.20. The topological polar surface area (TPSA) is 33.2 Å². The molecule has 1 aromatic heterocycles. The third-order valence-electron chi connectivity index (χ3n) is 4.56. The van der Waals surface area contributed by atoms with Crippen molar-refractivity contribution in [2.75, 3.05) is 25.6 Å². The molecular weight excluding hydrogens is 372 g/mol. The van der Waals surface area contributed by atoms with Gasteiger partial charge in [0.05, 0.1) is 0 Å². The fraction of sp³-hybridized carbons (Fsp3) is 0.545. The summed E-state index contributed by atoms with van der Waals surface area (Å²) in [6.45, 7) is 10.3. The number of aryl methyl sites for hydroxylation is 1. The van der Waals surface area contributed by atoms with Crippen molar-refractivity contribution in [1.29, 1.82) is 0 Å². The van der Waals surface area contributed by atoms with E-state index < -0.39 is 0 Å². The number of pyridine rings is 1. The van der Waals surface area contributed by atoms with Crippen LogP contribution in [0.2, 0.25) is 0 Å². The highest BCUT2D eigenvalue weighted by atomic mass is 32.2. The average Bonchev–Trinajstić information content (AvgIpc) is 3.18. The fourth-order valence-electron chi connectivity index (χ4n) is 2.57. The highest BCUT2D eigenvalue weighted by Gasteiger charge is 2.11. The minimum absolute atomic E-state index is 0.112. The zero-order valence-electron chi connectivity index (χ0n) is 17.6. The second-order valence-electron chi connectivity index (χ2n) is 6.80. The van der Waals surface area contributed by atoms with Crippen LogP contribution in [0.4, 0.5) is 0 Å². The quantitative estimate of drug-likeness (QED) is 0.430. The molecule has 2 heterocycles. The van der Waals surface area contributed by atoms with Gasteiger partial charge in [0, 0.05) is 41.7 Å². The van der Waals surface area contributed by atoms with Crippen LogP contribution >= 0.6 is 23.5 Å². The van der Waals surface area contributed by atoms with Gasteiger partial charge in [0.25, 0.3) is 0 Å². The highest BCUT2D eigenvalue weighted by Crippen LogP contribution is 2.24. The van der Waals surface area contributed by atoms with Gasteiger partial charge < -0.3 is 4.90 Å². The molecule has 1 saturated heterocycles. The third-order valence-corrected chi connectivity index (χ3v) is 6.52. The number of carbonyl (C=O) groups excluding carboxylic acids is 1. The molecule has 0 spiro atoms. The van der Waals surface area contributed by atoms with Crippen LogP contribution in [0.5, 0.6) is 0 Å². The first kappa shape index (κ1) is 23.8. The zero-order chi connectivity index (χ0) is 20.2. The number of hydrogen-bond acceptors (Lipinski definition) is 5. The molecule has 2 rings (SSSR count). The lowest BCUT2D eigenvalue weighted by molar-refractivity contribution is -0.112. The minimum atomic E-state index is 0.112. The number of hydrogen-bond donors (Lipinski definition) is 0. The van der Waals surface area contributed by atoms with Gasteiger partial charge in [0.1, 0.15) is 0 Å². The lowest BCUT2D eigenvalue weighted by Crippen LogP contribution is -2.14. The average molecular weight is 407 g/mol. The van der Waals surface area contributed by atoms with E-state index in [1.807, 2.05) is 42.7 Å². The molecule has 27 heavy (non-hydrogen) atoms. The monoisotopic (exact) mass is 406 g/mol. The fourth-order valence-corrected chi connectivity index (χ4v) is 3.39. The molecule has 1 aromatic rings. The van der Waals surface area contributed by atoms with Gasteiger partial charge in [0.2, 0.25) is 0 Å². The summed E-state index contributed by atoms with van der Waals surface area (Å²) in [5, 5.41) is 0.999. The van der Waals surface area contributed by atoms with Crippen LogP contribution in [0.1, 0.15) is 50.1 Å². The number of allylic oxidation sites excluding steroid dienone is 2. The largest absolute Gasteiger partial charge is 0.377 e. The summed E-state index contributed by atoms with van der Waals surface area (Å²) in [4.78, 5) is 17.6. The maximum Gasteiger partial charge on any atom is 0.152 e. The first-order valence-electron chi connectivity index (χ1n) is 9.50. The third kappa shape index (κ3) is 9.52. The molecule has 2 atom stereocenters. The molecule has 3 nitrogen and oxygen atoms in total. The Morgan fingerprint density at radius 2 is 1.81 bits per heavy atom. The minimum Gasteiger partial charge on any atom is -0.377 e. The molecule has 2 unspecified atom stereocenters. The van der Waals surface area contributed by atoms with Gasteiger partial charge in [-0.05, 0) is 76.3 Å².